The maximum absolute atomic E-state index is 11.2. The molecule has 4 nitrogen and oxygen atoms in total. The third-order valence-electron chi connectivity index (χ3n) is 3.80. The van der Waals surface area contributed by atoms with Gasteiger partial charge in [0.05, 0.1) is 16.7 Å². The molecule has 1 aliphatic heterocycles. The molecular formula is C14H15BrN2O2. The molecule has 1 aliphatic rings. The molecule has 1 heterocycles. The third-order valence-corrected chi connectivity index (χ3v) is 4.30. The van der Waals surface area contributed by atoms with E-state index < -0.39 is 11.4 Å². The molecule has 0 unspecified atom stereocenters. The third kappa shape index (κ3) is 2.74. The van der Waals surface area contributed by atoms with E-state index in [-0.39, 0.29) is 0 Å². The van der Waals surface area contributed by atoms with Crippen molar-refractivity contribution in [3.05, 3.63) is 28.2 Å². The van der Waals surface area contributed by atoms with Gasteiger partial charge in [0.2, 0.25) is 0 Å². The zero-order valence-corrected chi connectivity index (χ0v) is 12.3. The summed E-state index contributed by atoms with van der Waals surface area (Å²) in [5.74, 6) is -0.734. The lowest BCUT2D eigenvalue weighted by atomic mass is 9.80. The van der Waals surface area contributed by atoms with E-state index in [4.69, 9.17) is 5.26 Å². The van der Waals surface area contributed by atoms with Crippen LogP contribution in [0, 0.1) is 16.7 Å². The summed E-state index contributed by atoms with van der Waals surface area (Å²) in [6.45, 7) is 3.11. The van der Waals surface area contributed by atoms with Gasteiger partial charge in [-0.05, 0) is 38.0 Å². The van der Waals surface area contributed by atoms with Crippen LogP contribution in [0.4, 0.5) is 5.69 Å². The monoisotopic (exact) mass is 322 g/mol. The molecule has 2 rings (SSSR count). The highest BCUT2D eigenvalue weighted by Gasteiger charge is 2.37. The van der Waals surface area contributed by atoms with E-state index in [2.05, 4.69) is 26.9 Å². The molecular weight excluding hydrogens is 308 g/mol. The predicted molar refractivity (Wildman–Crippen MR) is 76.0 cm³/mol. The summed E-state index contributed by atoms with van der Waals surface area (Å²) in [5.41, 5.74) is 0.862. The first-order chi connectivity index (χ1) is 8.96. The first kappa shape index (κ1) is 13.9. The van der Waals surface area contributed by atoms with E-state index in [1.165, 1.54) is 0 Å². The summed E-state index contributed by atoms with van der Waals surface area (Å²) in [4.78, 5) is 13.3. The SMILES string of the molecule is CC1(C(=O)O)CCN(c2cc(Br)ccc2C#N)CC1. The molecule has 1 aromatic carbocycles. The highest BCUT2D eigenvalue weighted by Crippen LogP contribution is 2.35. The average Bonchev–Trinajstić information content (AvgIpc) is 2.39. The minimum atomic E-state index is -0.734. The molecule has 0 bridgehead atoms. The number of carbonyl (C=O) groups is 1. The predicted octanol–water partition coefficient (Wildman–Crippen LogP) is 3.01. The van der Waals surface area contributed by atoms with E-state index in [9.17, 15) is 9.90 Å². The van der Waals surface area contributed by atoms with Crippen LogP contribution in [0.2, 0.25) is 0 Å². The first-order valence-corrected chi connectivity index (χ1v) is 6.93. The van der Waals surface area contributed by atoms with Crippen molar-refractivity contribution in [2.45, 2.75) is 19.8 Å². The Morgan fingerprint density at radius 3 is 2.63 bits per heavy atom. The van der Waals surface area contributed by atoms with Gasteiger partial charge in [0.25, 0.3) is 0 Å². The molecule has 0 aliphatic carbocycles. The fourth-order valence-electron chi connectivity index (χ4n) is 2.32. The van der Waals surface area contributed by atoms with Crippen LogP contribution in [0.15, 0.2) is 22.7 Å². The molecule has 1 N–H and O–H groups in total. The largest absolute Gasteiger partial charge is 0.481 e. The van der Waals surface area contributed by atoms with Crippen molar-refractivity contribution in [3.63, 3.8) is 0 Å². The van der Waals surface area contributed by atoms with Gasteiger partial charge in [-0.25, -0.2) is 0 Å². The van der Waals surface area contributed by atoms with E-state index in [0.717, 1.165) is 10.2 Å². The van der Waals surface area contributed by atoms with Crippen LogP contribution in [-0.4, -0.2) is 24.2 Å². The van der Waals surface area contributed by atoms with Crippen molar-refractivity contribution < 1.29 is 9.90 Å². The van der Waals surface area contributed by atoms with Gasteiger partial charge in [-0.15, -0.1) is 0 Å². The highest BCUT2D eigenvalue weighted by atomic mass is 79.9. The van der Waals surface area contributed by atoms with Crippen LogP contribution in [0.25, 0.3) is 0 Å². The van der Waals surface area contributed by atoms with E-state index >= 15 is 0 Å². The highest BCUT2D eigenvalue weighted by molar-refractivity contribution is 9.10. The lowest BCUT2D eigenvalue weighted by molar-refractivity contribution is -0.149. The van der Waals surface area contributed by atoms with Gasteiger partial charge in [-0.2, -0.15) is 5.26 Å². The molecule has 0 saturated carbocycles. The maximum Gasteiger partial charge on any atom is 0.309 e. The Morgan fingerprint density at radius 1 is 1.47 bits per heavy atom. The van der Waals surface area contributed by atoms with Crippen molar-refractivity contribution in [1.29, 1.82) is 5.26 Å². The van der Waals surface area contributed by atoms with E-state index in [0.29, 0.717) is 31.5 Å². The van der Waals surface area contributed by atoms with Crippen molar-refractivity contribution >= 4 is 27.6 Å². The number of halogens is 1. The van der Waals surface area contributed by atoms with Gasteiger partial charge in [-0.3, -0.25) is 4.79 Å². The summed E-state index contributed by atoms with van der Waals surface area (Å²) in [6.07, 6.45) is 1.19. The van der Waals surface area contributed by atoms with Crippen molar-refractivity contribution in [3.8, 4) is 6.07 Å². The number of piperidine rings is 1. The minimum Gasteiger partial charge on any atom is -0.481 e. The molecule has 1 aromatic rings. The molecule has 1 saturated heterocycles. The molecule has 1 fully saturated rings. The van der Waals surface area contributed by atoms with Gasteiger partial charge >= 0.3 is 5.97 Å². The molecule has 0 radical (unpaired) electrons. The van der Waals surface area contributed by atoms with E-state index in [1.54, 1.807) is 13.0 Å². The lowest BCUT2D eigenvalue weighted by Crippen LogP contribution is -2.43. The van der Waals surface area contributed by atoms with Crippen LogP contribution in [0.1, 0.15) is 25.3 Å². The Hall–Kier alpha value is -1.54. The first-order valence-electron chi connectivity index (χ1n) is 6.14. The number of aliphatic carboxylic acids is 1. The van der Waals surface area contributed by atoms with Crippen LogP contribution in [0.3, 0.4) is 0 Å². The Labute approximate surface area is 120 Å². The number of rotatable bonds is 2. The maximum atomic E-state index is 11.2. The fourth-order valence-corrected chi connectivity index (χ4v) is 2.66. The van der Waals surface area contributed by atoms with Gasteiger partial charge in [0, 0.05) is 17.6 Å². The summed E-state index contributed by atoms with van der Waals surface area (Å²) >= 11 is 3.41. The molecule has 0 aromatic heterocycles. The molecule has 5 heteroatoms. The normalized spacial score (nSPS) is 17.8. The number of carboxylic acid groups (broad SMARTS) is 1. The minimum absolute atomic E-state index is 0.597. The lowest BCUT2D eigenvalue weighted by Gasteiger charge is -2.38. The van der Waals surface area contributed by atoms with Crippen molar-refractivity contribution in [1.82, 2.24) is 0 Å². The number of benzene rings is 1. The van der Waals surface area contributed by atoms with Crippen molar-refractivity contribution in [2.24, 2.45) is 5.41 Å². The number of hydrogen-bond acceptors (Lipinski definition) is 3. The van der Waals surface area contributed by atoms with Gasteiger partial charge in [-0.1, -0.05) is 15.9 Å². The topological polar surface area (TPSA) is 64.3 Å². The summed E-state index contributed by atoms with van der Waals surface area (Å²) in [7, 11) is 0. The van der Waals surface area contributed by atoms with Crippen LogP contribution in [0.5, 0.6) is 0 Å². The number of nitriles is 1. The summed E-state index contributed by atoms with van der Waals surface area (Å²) < 4.78 is 0.924. The average molecular weight is 323 g/mol. The smallest absolute Gasteiger partial charge is 0.309 e. The summed E-state index contributed by atoms with van der Waals surface area (Å²) in [5, 5.41) is 18.4. The zero-order chi connectivity index (χ0) is 14.0. The van der Waals surface area contributed by atoms with Crippen molar-refractivity contribution in [2.75, 3.05) is 18.0 Å². The zero-order valence-electron chi connectivity index (χ0n) is 10.7. The van der Waals surface area contributed by atoms with Crippen LogP contribution in [-0.2, 0) is 4.79 Å². The second-order valence-electron chi connectivity index (χ2n) is 5.13. The number of carboxylic acids is 1. The number of anilines is 1. The molecule has 100 valence electrons. The van der Waals surface area contributed by atoms with Gasteiger partial charge < -0.3 is 10.0 Å². The van der Waals surface area contributed by atoms with Gasteiger partial charge in [0.1, 0.15) is 6.07 Å². The van der Waals surface area contributed by atoms with E-state index in [1.807, 2.05) is 12.1 Å². The standard InChI is InChI=1S/C14H15BrN2O2/c1-14(13(18)19)4-6-17(7-5-14)12-8-11(15)3-2-10(12)9-16/h2-3,8H,4-7H2,1H3,(H,18,19). The second kappa shape index (κ2) is 5.22. The second-order valence-corrected chi connectivity index (χ2v) is 6.04. The molecule has 0 amide bonds. The number of nitrogens with zero attached hydrogens (tertiary/aromatic N) is 2. The number of hydrogen-bond donors (Lipinski definition) is 1. The van der Waals surface area contributed by atoms with Crippen LogP contribution >= 0.6 is 15.9 Å². The molecule has 19 heavy (non-hydrogen) atoms. The van der Waals surface area contributed by atoms with Gasteiger partial charge in [0.15, 0.2) is 0 Å². The summed E-state index contributed by atoms with van der Waals surface area (Å²) in [6, 6.07) is 7.73. The Kier molecular flexibility index (Phi) is 3.81. The quantitative estimate of drug-likeness (QED) is 0.909. The molecule has 0 spiro atoms. The Bertz CT molecular complexity index is 543. The Morgan fingerprint density at radius 2 is 2.11 bits per heavy atom. The Balaban J connectivity index is 2.21. The van der Waals surface area contributed by atoms with Crippen LogP contribution < -0.4 is 4.90 Å². The fraction of sp³-hybridized carbons (Fsp3) is 0.429. The molecule has 0 atom stereocenters.